The number of carbonyl (C=O) groups excluding carboxylic acids is 1. The third-order valence-corrected chi connectivity index (χ3v) is 10.3. The van der Waals surface area contributed by atoms with Gasteiger partial charge in [-0.05, 0) is 41.2 Å². The Kier molecular flexibility index (Phi) is 12.0. The first-order valence-electron chi connectivity index (χ1n) is 16.0. The van der Waals surface area contributed by atoms with Crippen LogP contribution in [0.2, 0.25) is 0 Å². The van der Waals surface area contributed by atoms with Crippen molar-refractivity contribution in [2.24, 2.45) is 0 Å². The third-order valence-electron chi connectivity index (χ3n) is 8.42. The van der Waals surface area contributed by atoms with E-state index in [0.717, 1.165) is 27.1 Å². The molecule has 0 N–H and O–H groups in total. The van der Waals surface area contributed by atoms with Crippen LogP contribution in [-0.2, 0) is 45.5 Å². The number of ether oxygens (including phenoxy) is 1. The fourth-order valence-electron chi connectivity index (χ4n) is 5.97. The van der Waals surface area contributed by atoms with E-state index in [9.17, 15) is 23.3 Å². The summed E-state index contributed by atoms with van der Waals surface area (Å²) in [4.78, 5) is 26.8. The van der Waals surface area contributed by atoms with E-state index in [1.807, 2.05) is 121 Å². The number of nitrogens with zero attached hydrogens (tertiary/aromatic N) is 3. The zero-order valence-corrected chi connectivity index (χ0v) is 28.1. The molecule has 0 spiro atoms. The van der Waals surface area contributed by atoms with Crippen molar-refractivity contribution in [2.45, 2.75) is 42.9 Å². The van der Waals surface area contributed by atoms with Crippen molar-refractivity contribution in [1.29, 1.82) is 0 Å². The van der Waals surface area contributed by atoms with Gasteiger partial charge in [0.15, 0.2) is 4.90 Å². The van der Waals surface area contributed by atoms with Gasteiger partial charge in [0.1, 0.15) is 6.04 Å². The van der Waals surface area contributed by atoms with Crippen molar-refractivity contribution < 1.29 is 22.9 Å². The summed E-state index contributed by atoms with van der Waals surface area (Å²) in [6.45, 7) is 0.803. The van der Waals surface area contributed by atoms with Crippen molar-refractivity contribution >= 4 is 21.7 Å². The summed E-state index contributed by atoms with van der Waals surface area (Å²) < 4.78 is 36.0. The van der Waals surface area contributed by atoms with Crippen LogP contribution in [0.3, 0.4) is 0 Å². The molecule has 0 saturated heterocycles. The van der Waals surface area contributed by atoms with Gasteiger partial charge < -0.3 is 4.74 Å². The van der Waals surface area contributed by atoms with Gasteiger partial charge >= 0.3 is 5.97 Å². The molecule has 5 rings (SSSR count). The number of nitro groups is 1. The van der Waals surface area contributed by atoms with E-state index in [1.54, 1.807) is 0 Å². The number of nitro benzene ring substituents is 1. The number of para-hydroxylation sites is 1. The SMILES string of the molecule is COC(=O)[C@H](Cc1ccccc1)N(C[C@H](Cc1ccccc1)N(Cc1ccccc1)Cc1ccccc1)S(=O)(=O)c1ccccc1[N+](=O)[O-]. The minimum absolute atomic E-state index is 0.00278. The van der Waals surface area contributed by atoms with Gasteiger partial charge in [-0.1, -0.05) is 133 Å². The summed E-state index contributed by atoms with van der Waals surface area (Å²) in [7, 11) is -3.44. The van der Waals surface area contributed by atoms with Gasteiger partial charge in [0.05, 0.1) is 12.0 Å². The van der Waals surface area contributed by atoms with E-state index in [4.69, 9.17) is 4.74 Å². The maximum absolute atomic E-state index is 14.8. The zero-order chi connectivity index (χ0) is 34.6. The predicted molar refractivity (Wildman–Crippen MR) is 189 cm³/mol. The fourth-order valence-corrected chi connectivity index (χ4v) is 7.75. The van der Waals surface area contributed by atoms with E-state index < -0.39 is 43.6 Å². The molecule has 0 unspecified atom stereocenters. The summed E-state index contributed by atoms with van der Waals surface area (Å²) in [5.41, 5.74) is 3.17. The van der Waals surface area contributed by atoms with E-state index in [0.29, 0.717) is 25.1 Å². The lowest BCUT2D eigenvalue weighted by molar-refractivity contribution is -0.387. The van der Waals surface area contributed by atoms with Gasteiger partial charge in [0.25, 0.3) is 15.7 Å². The van der Waals surface area contributed by atoms with Crippen LogP contribution in [-0.4, -0.2) is 54.3 Å². The Morgan fingerprint density at radius 3 is 1.57 bits per heavy atom. The number of hydrogen-bond acceptors (Lipinski definition) is 7. The van der Waals surface area contributed by atoms with Crippen LogP contribution in [0.15, 0.2) is 150 Å². The smallest absolute Gasteiger partial charge is 0.324 e. The van der Waals surface area contributed by atoms with Crippen LogP contribution in [0, 0.1) is 10.1 Å². The molecule has 0 aliphatic rings. The van der Waals surface area contributed by atoms with Crippen molar-refractivity contribution in [3.63, 3.8) is 0 Å². The lowest BCUT2D eigenvalue weighted by Gasteiger charge is -2.38. The largest absolute Gasteiger partial charge is 0.468 e. The third kappa shape index (κ3) is 9.26. The van der Waals surface area contributed by atoms with Crippen LogP contribution in [0.4, 0.5) is 5.69 Å². The summed E-state index contributed by atoms with van der Waals surface area (Å²) in [6, 6.07) is 42.1. The van der Waals surface area contributed by atoms with E-state index in [2.05, 4.69) is 4.90 Å². The molecule has 5 aromatic rings. The molecule has 0 amide bonds. The maximum Gasteiger partial charge on any atom is 0.324 e. The molecule has 252 valence electrons. The minimum atomic E-state index is -4.65. The number of esters is 1. The average Bonchev–Trinajstić information content (AvgIpc) is 3.13. The van der Waals surface area contributed by atoms with Crippen LogP contribution >= 0.6 is 0 Å². The van der Waals surface area contributed by atoms with Gasteiger partial charge in [-0.15, -0.1) is 0 Å². The molecule has 0 fully saturated rings. The molecule has 9 nitrogen and oxygen atoms in total. The second-order valence-corrected chi connectivity index (χ2v) is 13.6. The number of benzene rings is 5. The van der Waals surface area contributed by atoms with E-state index >= 15 is 0 Å². The number of sulfonamides is 1. The first-order chi connectivity index (χ1) is 23.8. The van der Waals surface area contributed by atoms with Gasteiger partial charge in [-0.3, -0.25) is 19.8 Å². The molecule has 0 saturated carbocycles. The Hall–Kier alpha value is -5.16. The highest BCUT2D eigenvalue weighted by Crippen LogP contribution is 2.30. The topological polar surface area (TPSA) is 110 Å². The van der Waals surface area contributed by atoms with Crippen LogP contribution in [0.5, 0.6) is 0 Å². The molecule has 2 atom stereocenters. The summed E-state index contributed by atoms with van der Waals surface area (Å²) >= 11 is 0. The molecule has 0 radical (unpaired) electrons. The lowest BCUT2D eigenvalue weighted by Crippen LogP contribution is -2.53. The summed E-state index contributed by atoms with van der Waals surface area (Å²) in [5, 5.41) is 12.1. The Bertz CT molecular complexity index is 1870. The highest BCUT2D eigenvalue weighted by atomic mass is 32.2. The van der Waals surface area contributed by atoms with Crippen molar-refractivity contribution in [3.05, 3.63) is 178 Å². The molecule has 49 heavy (non-hydrogen) atoms. The molecule has 5 aromatic carbocycles. The van der Waals surface area contributed by atoms with Crippen LogP contribution < -0.4 is 0 Å². The lowest BCUT2D eigenvalue weighted by atomic mass is 10.0. The number of carbonyl (C=O) groups is 1. The van der Waals surface area contributed by atoms with E-state index in [-0.39, 0.29) is 13.0 Å². The molecular formula is C39H39N3O6S. The molecular weight excluding hydrogens is 639 g/mol. The fraction of sp³-hybridized carbons (Fsp3) is 0.205. The Morgan fingerprint density at radius 1 is 0.673 bits per heavy atom. The standard InChI is InChI=1S/C39H39N3O6S/c1-48-39(43)37(27-32-18-8-3-9-19-32)41(49(46,47)38-25-15-14-24-36(38)42(44)45)30-35(26-31-16-6-2-7-17-31)40(28-33-20-10-4-11-21-33)29-34-22-12-5-13-23-34/h2-25,35,37H,26-30H2,1H3/t35-,37-/m0/s1. The monoisotopic (exact) mass is 677 g/mol. The molecule has 0 bridgehead atoms. The molecule has 10 heteroatoms. The van der Waals surface area contributed by atoms with Gasteiger partial charge in [0, 0.05) is 31.7 Å². The molecule has 0 heterocycles. The van der Waals surface area contributed by atoms with E-state index in [1.165, 1.54) is 25.3 Å². The van der Waals surface area contributed by atoms with Crippen molar-refractivity contribution in [3.8, 4) is 0 Å². The second kappa shape index (κ2) is 16.8. The second-order valence-electron chi connectivity index (χ2n) is 11.7. The normalized spacial score (nSPS) is 12.8. The predicted octanol–water partition coefficient (Wildman–Crippen LogP) is 6.68. The van der Waals surface area contributed by atoms with Crippen molar-refractivity contribution in [1.82, 2.24) is 9.21 Å². The van der Waals surface area contributed by atoms with Crippen LogP contribution in [0.1, 0.15) is 22.3 Å². The highest BCUT2D eigenvalue weighted by molar-refractivity contribution is 7.89. The Morgan fingerprint density at radius 2 is 1.10 bits per heavy atom. The van der Waals surface area contributed by atoms with Gasteiger partial charge in [0.2, 0.25) is 0 Å². The molecule has 0 aromatic heterocycles. The summed E-state index contributed by atoms with van der Waals surface area (Å²) in [5.74, 6) is -0.762. The zero-order valence-electron chi connectivity index (χ0n) is 27.2. The van der Waals surface area contributed by atoms with Crippen molar-refractivity contribution in [2.75, 3.05) is 13.7 Å². The first-order valence-corrected chi connectivity index (χ1v) is 17.4. The van der Waals surface area contributed by atoms with Gasteiger partial charge in [-0.2, -0.15) is 4.31 Å². The maximum atomic E-state index is 14.8. The first kappa shape index (κ1) is 35.2. The highest BCUT2D eigenvalue weighted by Gasteiger charge is 2.42. The number of methoxy groups -OCH3 is 1. The quantitative estimate of drug-likeness (QED) is 0.0651. The molecule has 0 aliphatic heterocycles. The Balaban J connectivity index is 1.68. The minimum Gasteiger partial charge on any atom is -0.468 e. The summed E-state index contributed by atoms with van der Waals surface area (Å²) in [6.07, 6.45) is 0.436. The molecule has 0 aliphatic carbocycles. The Labute approximate surface area is 287 Å². The van der Waals surface area contributed by atoms with Crippen LogP contribution in [0.25, 0.3) is 0 Å². The average molecular weight is 678 g/mol. The number of hydrogen-bond donors (Lipinski definition) is 0. The van der Waals surface area contributed by atoms with Gasteiger partial charge in [-0.25, -0.2) is 8.42 Å². The number of rotatable bonds is 16.